The summed E-state index contributed by atoms with van der Waals surface area (Å²) in [7, 11) is -7.21. The minimum atomic E-state index is -4.24. The average molecular weight is 877 g/mol. The van der Waals surface area contributed by atoms with Gasteiger partial charge in [0.15, 0.2) is 12.2 Å². The molecule has 0 spiro atoms. The van der Waals surface area contributed by atoms with E-state index in [1.807, 2.05) is 6.07 Å². The molecule has 0 radical (unpaired) electrons. The quantitative estimate of drug-likeness (QED) is 0.0674. The lowest BCUT2D eigenvalue weighted by Crippen LogP contribution is -2.52. The number of hydrogen-bond donors (Lipinski definition) is 4. The van der Waals surface area contributed by atoms with Crippen LogP contribution in [0.4, 0.5) is 0 Å². The zero-order chi connectivity index (χ0) is 44.2. The largest absolute Gasteiger partial charge is 0.469 e. The van der Waals surface area contributed by atoms with Crippen molar-refractivity contribution in [2.24, 2.45) is 10.8 Å². The van der Waals surface area contributed by atoms with Crippen LogP contribution >= 0.6 is 15.5 Å². The number of hydrogen-bond acceptors (Lipinski definition) is 16. The van der Waals surface area contributed by atoms with Gasteiger partial charge in [-0.2, -0.15) is 0 Å². The number of benzene rings is 1. The number of nitrogens with one attached hydrogen (secondary N) is 4. The molecule has 59 heavy (non-hydrogen) atoms. The first-order chi connectivity index (χ1) is 27.4. The Labute approximate surface area is 344 Å². The number of rotatable bonds is 19. The zero-order valence-corrected chi connectivity index (χ0v) is 36.8. The van der Waals surface area contributed by atoms with E-state index in [9.17, 15) is 37.9 Å². The molecule has 2 heterocycles. The molecule has 0 bridgehead atoms. The lowest BCUT2D eigenvalue weighted by Gasteiger charge is -2.41. The number of ether oxygens (including phenoxy) is 4. The normalized spacial score (nSPS) is 24.7. The van der Waals surface area contributed by atoms with Gasteiger partial charge in [0.05, 0.1) is 33.2 Å². The maximum Gasteiger partial charge on any atom is 0.407 e. The predicted octanol–water partition coefficient (Wildman–Crippen LogP) is 2.88. The van der Waals surface area contributed by atoms with E-state index in [0.717, 1.165) is 5.56 Å². The van der Waals surface area contributed by atoms with E-state index < -0.39 is 91.9 Å². The molecule has 6 atom stereocenters. The van der Waals surface area contributed by atoms with Crippen molar-refractivity contribution in [2.75, 3.05) is 46.6 Å². The van der Waals surface area contributed by atoms with Gasteiger partial charge in [-0.25, -0.2) is 19.3 Å². The summed E-state index contributed by atoms with van der Waals surface area (Å²) in [6, 6.07) is 6.62. The van der Waals surface area contributed by atoms with Crippen LogP contribution in [0, 0.1) is 10.8 Å². The maximum absolute atomic E-state index is 13.8. The SMILES string of the molecule is COC(=O)CCNC(=O)[C@@H]1OP(=O)(N[C@@H](C)C(=O)OCCOC(=O)CCNC(=O)[C@@H]2OP(=O)(N[C@@H](Cc3ccccc3)C(=O)OC(C)(C)C)OCC2(C)C)OCC1(C)C. The molecule has 4 N–H and O–H groups in total. The van der Waals surface area contributed by atoms with Gasteiger partial charge in [0.25, 0.3) is 0 Å². The van der Waals surface area contributed by atoms with Crippen molar-refractivity contribution in [3.05, 3.63) is 35.9 Å². The first-order valence-electron chi connectivity index (χ1n) is 19.0. The summed E-state index contributed by atoms with van der Waals surface area (Å²) in [5.41, 5.74) is -1.95. The van der Waals surface area contributed by atoms with Crippen molar-refractivity contribution < 1.29 is 74.9 Å². The van der Waals surface area contributed by atoms with E-state index in [4.69, 9.17) is 32.3 Å². The molecule has 1 aromatic rings. The summed E-state index contributed by atoms with van der Waals surface area (Å²) in [6.45, 7) is 11.8. The van der Waals surface area contributed by atoms with Gasteiger partial charge in [0.2, 0.25) is 11.8 Å². The van der Waals surface area contributed by atoms with Gasteiger partial charge in [-0.05, 0) is 39.7 Å². The standard InChI is InChI=1S/C37H58N4O16P2/c1-24(40-58(48)53-22-36(5,6)29(56-58)31(44)38-17-15-27(42)50-9)33(46)52-20-19-51-28(43)16-18-39-32(45)30-37(7,8)23-54-59(49,57-30)41-26(34(47)55-35(2,3)4)21-25-13-11-10-12-14-25/h10-14,24,26,29-30H,15-23H2,1-9H3,(H,38,44)(H,39,45)(H,40,48)(H,41,49)/t24-,26-,29-,30-,58?,59?/m0/s1. The Balaban J connectivity index is 1.45. The molecular weight excluding hydrogens is 818 g/mol. The fourth-order valence-corrected chi connectivity index (χ4v) is 9.34. The minimum absolute atomic E-state index is 0.0376. The van der Waals surface area contributed by atoms with Gasteiger partial charge < -0.3 is 29.6 Å². The van der Waals surface area contributed by atoms with Crippen LogP contribution in [0.3, 0.4) is 0 Å². The van der Waals surface area contributed by atoms with E-state index >= 15 is 0 Å². The van der Waals surface area contributed by atoms with Crippen molar-refractivity contribution in [3.8, 4) is 0 Å². The number of amides is 2. The Morgan fingerprint density at radius 1 is 0.763 bits per heavy atom. The van der Waals surface area contributed by atoms with Gasteiger partial charge in [0.1, 0.15) is 30.9 Å². The van der Waals surface area contributed by atoms with Crippen molar-refractivity contribution in [1.82, 2.24) is 20.8 Å². The maximum atomic E-state index is 13.8. The Hall–Kier alpha value is -3.74. The molecule has 3 rings (SSSR count). The Bertz CT molecular complexity index is 1750. The van der Waals surface area contributed by atoms with Crippen LogP contribution in [-0.2, 0) is 81.4 Å². The van der Waals surface area contributed by atoms with Crippen molar-refractivity contribution >= 4 is 51.2 Å². The van der Waals surface area contributed by atoms with Crippen LogP contribution in [0.1, 0.15) is 73.8 Å². The molecule has 2 amide bonds. The number of esters is 4. The molecule has 0 aliphatic carbocycles. The molecule has 22 heteroatoms. The molecule has 20 nitrogen and oxygen atoms in total. The molecule has 2 unspecified atom stereocenters. The van der Waals surface area contributed by atoms with Crippen LogP contribution in [0.5, 0.6) is 0 Å². The molecule has 0 aromatic heterocycles. The Morgan fingerprint density at radius 2 is 1.25 bits per heavy atom. The third-order valence-electron chi connectivity index (χ3n) is 8.67. The summed E-state index contributed by atoms with van der Waals surface area (Å²) in [6.07, 6.45) is -2.81. The zero-order valence-electron chi connectivity index (χ0n) is 35.0. The van der Waals surface area contributed by atoms with Gasteiger partial charge >= 0.3 is 39.4 Å². The van der Waals surface area contributed by atoms with Gasteiger partial charge in [-0.3, -0.25) is 46.9 Å². The summed E-state index contributed by atoms with van der Waals surface area (Å²) in [5, 5.41) is 10.2. The van der Waals surface area contributed by atoms with Crippen LogP contribution in [0.2, 0.25) is 0 Å². The summed E-state index contributed by atoms with van der Waals surface area (Å²) in [5.74, 6) is -4.16. The molecule has 2 saturated heterocycles. The number of methoxy groups -OCH3 is 1. The van der Waals surface area contributed by atoms with Crippen LogP contribution in [0.15, 0.2) is 30.3 Å². The average Bonchev–Trinajstić information content (AvgIpc) is 3.14. The topological polar surface area (TPSA) is 259 Å². The lowest BCUT2D eigenvalue weighted by molar-refractivity contribution is -0.157. The van der Waals surface area contributed by atoms with Crippen molar-refractivity contribution in [1.29, 1.82) is 0 Å². The van der Waals surface area contributed by atoms with Crippen LogP contribution in [0.25, 0.3) is 0 Å². The second kappa shape index (κ2) is 21.2. The van der Waals surface area contributed by atoms with E-state index in [2.05, 4.69) is 25.5 Å². The summed E-state index contributed by atoms with van der Waals surface area (Å²) in [4.78, 5) is 75.6. The number of carbonyl (C=O) groups excluding carboxylic acids is 6. The van der Waals surface area contributed by atoms with E-state index in [1.54, 1.807) is 72.7 Å². The van der Waals surface area contributed by atoms with Gasteiger partial charge in [-0.1, -0.05) is 58.0 Å². The van der Waals surface area contributed by atoms with Crippen molar-refractivity contribution in [2.45, 2.75) is 105 Å². The highest BCUT2D eigenvalue weighted by atomic mass is 31.2. The Morgan fingerprint density at radius 3 is 1.76 bits per heavy atom. The third kappa shape index (κ3) is 16.0. The molecule has 2 aliphatic heterocycles. The third-order valence-corrected chi connectivity index (χ3v) is 11.9. The molecule has 2 fully saturated rings. The molecular formula is C37H58N4O16P2. The smallest absolute Gasteiger partial charge is 0.407 e. The predicted molar refractivity (Wildman–Crippen MR) is 209 cm³/mol. The number of carbonyl (C=O) groups is 6. The van der Waals surface area contributed by atoms with Crippen molar-refractivity contribution in [3.63, 3.8) is 0 Å². The Kier molecular flexibility index (Phi) is 17.8. The van der Waals surface area contributed by atoms with Crippen LogP contribution in [-0.4, -0.2) is 112 Å². The highest BCUT2D eigenvalue weighted by Crippen LogP contribution is 2.54. The van der Waals surface area contributed by atoms with Gasteiger partial charge in [0, 0.05) is 23.9 Å². The lowest BCUT2D eigenvalue weighted by atomic mass is 9.87. The van der Waals surface area contributed by atoms with Gasteiger partial charge in [-0.15, -0.1) is 0 Å². The molecule has 2 aliphatic rings. The summed E-state index contributed by atoms with van der Waals surface area (Å²) >= 11 is 0. The first kappa shape index (κ1) is 49.6. The highest BCUT2D eigenvalue weighted by Gasteiger charge is 2.50. The minimum Gasteiger partial charge on any atom is -0.469 e. The summed E-state index contributed by atoms with van der Waals surface area (Å²) < 4.78 is 69.7. The second-order valence-corrected chi connectivity index (χ2v) is 19.7. The van der Waals surface area contributed by atoms with Crippen LogP contribution < -0.4 is 20.8 Å². The monoisotopic (exact) mass is 876 g/mol. The second-order valence-electron chi connectivity index (χ2n) is 16.3. The molecule has 1 aromatic carbocycles. The first-order valence-corrected chi connectivity index (χ1v) is 22.1. The van der Waals surface area contributed by atoms with E-state index in [-0.39, 0.29) is 58.8 Å². The fraction of sp³-hybridized carbons (Fsp3) is 0.676. The fourth-order valence-electron chi connectivity index (χ4n) is 5.46. The van der Waals surface area contributed by atoms with E-state index in [0.29, 0.717) is 0 Å². The molecule has 332 valence electrons. The molecule has 0 saturated carbocycles. The highest BCUT2D eigenvalue weighted by molar-refractivity contribution is 7.52. The van der Waals surface area contributed by atoms with E-state index in [1.165, 1.54) is 14.0 Å².